The molecule has 1 aliphatic rings. The summed E-state index contributed by atoms with van der Waals surface area (Å²) >= 11 is 0. The van der Waals surface area contributed by atoms with Gasteiger partial charge in [-0.2, -0.15) is 0 Å². The van der Waals surface area contributed by atoms with E-state index >= 15 is 0 Å². The maximum atomic E-state index is 10.6. The standard InChI is InChI=1S/C9H18N2O/c1-8(12)4-2-3-5-9-6-7-10-11-9/h9-11H,2-7H2,1H3/t9-/m1/s1. The SMILES string of the molecule is CC(=O)CCCC[C@@H]1CCNN1. The van der Waals surface area contributed by atoms with Crippen LogP contribution in [0.3, 0.4) is 0 Å². The van der Waals surface area contributed by atoms with Crippen LogP contribution < -0.4 is 10.9 Å². The second-order valence-corrected chi connectivity index (χ2v) is 3.50. The highest BCUT2D eigenvalue weighted by atomic mass is 16.1. The molecule has 0 unspecified atom stereocenters. The van der Waals surface area contributed by atoms with Gasteiger partial charge in [-0.25, -0.2) is 0 Å². The largest absolute Gasteiger partial charge is 0.300 e. The van der Waals surface area contributed by atoms with Crippen LogP contribution >= 0.6 is 0 Å². The number of carbonyl (C=O) groups is 1. The normalized spacial score (nSPS) is 22.9. The van der Waals surface area contributed by atoms with E-state index in [1.54, 1.807) is 6.92 Å². The molecule has 0 aromatic rings. The minimum Gasteiger partial charge on any atom is -0.300 e. The summed E-state index contributed by atoms with van der Waals surface area (Å²) in [5.74, 6) is 0.313. The highest BCUT2D eigenvalue weighted by Crippen LogP contribution is 2.08. The van der Waals surface area contributed by atoms with Gasteiger partial charge in [0.15, 0.2) is 0 Å². The molecule has 3 heteroatoms. The second kappa shape index (κ2) is 5.27. The lowest BCUT2D eigenvalue weighted by molar-refractivity contribution is -0.117. The lowest BCUT2D eigenvalue weighted by Crippen LogP contribution is -2.29. The first-order valence-electron chi connectivity index (χ1n) is 4.77. The zero-order valence-corrected chi connectivity index (χ0v) is 7.73. The van der Waals surface area contributed by atoms with E-state index in [1.807, 2.05) is 0 Å². The third-order valence-electron chi connectivity index (χ3n) is 2.26. The first-order chi connectivity index (χ1) is 5.79. The van der Waals surface area contributed by atoms with E-state index in [9.17, 15) is 4.79 Å². The van der Waals surface area contributed by atoms with Crippen molar-refractivity contribution in [3.8, 4) is 0 Å². The van der Waals surface area contributed by atoms with Gasteiger partial charge in [0.05, 0.1) is 0 Å². The highest BCUT2D eigenvalue weighted by Gasteiger charge is 2.12. The number of ketones is 1. The number of Topliss-reactive ketones (excluding diaryl/α,β-unsaturated/α-hetero) is 1. The Hall–Kier alpha value is -0.410. The van der Waals surface area contributed by atoms with E-state index in [0.29, 0.717) is 11.8 Å². The molecule has 0 spiro atoms. The van der Waals surface area contributed by atoms with Gasteiger partial charge in [-0.05, 0) is 26.2 Å². The summed E-state index contributed by atoms with van der Waals surface area (Å²) in [6, 6.07) is 0.636. The van der Waals surface area contributed by atoms with Gasteiger partial charge >= 0.3 is 0 Å². The molecule has 12 heavy (non-hydrogen) atoms. The monoisotopic (exact) mass is 170 g/mol. The van der Waals surface area contributed by atoms with Crippen molar-refractivity contribution in [2.24, 2.45) is 0 Å². The first-order valence-corrected chi connectivity index (χ1v) is 4.77. The Kier molecular flexibility index (Phi) is 4.25. The van der Waals surface area contributed by atoms with Gasteiger partial charge in [-0.3, -0.25) is 10.9 Å². The molecule has 2 N–H and O–H groups in total. The molecule has 1 aliphatic heterocycles. The average molecular weight is 170 g/mol. The van der Waals surface area contributed by atoms with Gasteiger partial charge in [0.1, 0.15) is 5.78 Å². The van der Waals surface area contributed by atoms with Crippen LogP contribution in [0.1, 0.15) is 39.0 Å². The summed E-state index contributed by atoms with van der Waals surface area (Å²) in [6.07, 6.45) is 5.38. The highest BCUT2D eigenvalue weighted by molar-refractivity contribution is 5.75. The summed E-state index contributed by atoms with van der Waals surface area (Å²) in [4.78, 5) is 10.6. The van der Waals surface area contributed by atoms with Gasteiger partial charge in [0.2, 0.25) is 0 Å². The number of rotatable bonds is 5. The van der Waals surface area contributed by atoms with Crippen LogP contribution in [0.25, 0.3) is 0 Å². The molecule has 1 rings (SSSR count). The van der Waals surface area contributed by atoms with Gasteiger partial charge in [-0.1, -0.05) is 6.42 Å². The maximum Gasteiger partial charge on any atom is 0.129 e. The minimum atomic E-state index is 0.313. The van der Waals surface area contributed by atoms with Crippen molar-refractivity contribution in [1.29, 1.82) is 0 Å². The third-order valence-corrected chi connectivity index (χ3v) is 2.26. The Morgan fingerprint density at radius 2 is 2.33 bits per heavy atom. The molecule has 0 aliphatic carbocycles. The van der Waals surface area contributed by atoms with Crippen LogP contribution in [0.5, 0.6) is 0 Å². The average Bonchev–Trinajstić information content (AvgIpc) is 2.49. The zero-order chi connectivity index (χ0) is 8.81. The summed E-state index contributed by atoms with van der Waals surface area (Å²) < 4.78 is 0. The van der Waals surface area contributed by atoms with Crippen LogP contribution in [-0.2, 0) is 4.79 Å². The Balaban J connectivity index is 1.91. The molecule has 0 radical (unpaired) electrons. The summed E-state index contributed by atoms with van der Waals surface area (Å²) in [5.41, 5.74) is 6.31. The Labute approximate surface area is 73.9 Å². The molecule has 0 bridgehead atoms. The van der Waals surface area contributed by atoms with E-state index in [2.05, 4.69) is 10.9 Å². The fourth-order valence-electron chi connectivity index (χ4n) is 1.52. The van der Waals surface area contributed by atoms with Crippen molar-refractivity contribution in [2.45, 2.75) is 45.1 Å². The van der Waals surface area contributed by atoms with Crippen LogP contribution in [0.4, 0.5) is 0 Å². The predicted molar refractivity (Wildman–Crippen MR) is 48.7 cm³/mol. The Morgan fingerprint density at radius 3 is 2.92 bits per heavy atom. The van der Waals surface area contributed by atoms with Gasteiger partial charge in [0.25, 0.3) is 0 Å². The summed E-state index contributed by atoms with van der Waals surface area (Å²) in [6.45, 7) is 2.74. The van der Waals surface area contributed by atoms with E-state index in [0.717, 1.165) is 19.4 Å². The molecule has 0 aromatic carbocycles. The maximum absolute atomic E-state index is 10.6. The van der Waals surface area contributed by atoms with Crippen molar-refractivity contribution in [3.63, 3.8) is 0 Å². The second-order valence-electron chi connectivity index (χ2n) is 3.50. The number of hydrazine groups is 1. The van der Waals surface area contributed by atoms with E-state index < -0.39 is 0 Å². The lowest BCUT2D eigenvalue weighted by atomic mass is 10.1. The van der Waals surface area contributed by atoms with Crippen molar-refractivity contribution in [1.82, 2.24) is 10.9 Å². The molecule has 1 saturated heterocycles. The number of unbranched alkanes of at least 4 members (excludes halogenated alkanes) is 1. The summed E-state index contributed by atoms with van der Waals surface area (Å²) in [5, 5.41) is 0. The van der Waals surface area contributed by atoms with Gasteiger partial charge < -0.3 is 4.79 Å². The number of hydrogen-bond donors (Lipinski definition) is 2. The molecule has 3 nitrogen and oxygen atoms in total. The van der Waals surface area contributed by atoms with E-state index in [1.165, 1.54) is 19.3 Å². The zero-order valence-electron chi connectivity index (χ0n) is 7.73. The van der Waals surface area contributed by atoms with Crippen LogP contribution in [0.2, 0.25) is 0 Å². The first kappa shape index (κ1) is 9.68. The predicted octanol–water partition coefficient (Wildman–Crippen LogP) is 1.00. The molecule has 1 atom stereocenters. The quantitative estimate of drug-likeness (QED) is 0.605. The molecule has 1 heterocycles. The number of hydrogen-bond acceptors (Lipinski definition) is 3. The molecule has 70 valence electrons. The topological polar surface area (TPSA) is 41.1 Å². The Bertz CT molecular complexity index is 141. The van der Waals surface area contributed by atoms with Gasteiger partial charge in [-0.15, -0.1) is 0 Å². The van der Waals surface area contributed by atoms with Crippen LogP contribution in [0, 0.1) is 0 Å². The Morgan fingerprint density at radius 1 is 1.50 bits per heavy atom. The number of nitrogens with one attached hydrogen (secondary N) is 2. The van der Waals surface area contributed by atoms with Crippen molar-refractivity contribution in [2.75, 3.05) is 6.54 Å². The van der Waals surface area contributed by atoms with Crippen molar-refractivity contribution >= 4 is 5.78 Å². The summed E-state index contributed by atoms with van der Waals surface area (Å²) in [7, 11) is 0. The molecule has 0 aromatic heterocycles. The number of carbonyl (C=O) groups excluding carboxylic acids is 1. The fraction of sp³-hybridized carbons (Fsp3) is 0.889. The van der Waals surface area contributed by atoms with Crippen molar-refractivity contribution in [3.05, 3.63) is 0 Å². The van der Waals surface area contributed by atoms with Crippen LogP contribution in [-0.4, -0.2) is 18.4 Å². The fourth-order valence-corrected chi connectivity index (χ4v) is 1.52. The smallest absolute Gasteiger partial charge is 0.129 e. The molecular formula is C9H18N2O. The van der Waals surface area contributed by atoms with E-state index in [4.69, 9.17) is 0 Å². The van der Waals surface area contributed by atoms with Crippen molar-refractivity contribution < 1.29 is 4.79 Å². The third kappa shape index (κ3) is 3.83. The molecule has 1 fully saturated rings. The minimum absolute atomic E-state index is 0.313. The van der Waals surface area contributed by atoms with E-state index in [-0.39, 0.29) is 0 Å². The molecular weight excluding hydrogens is 152 g/mol. The van der Waals surface area contributed by atoms with Gasteiger partial charge in [0, 0.05) is 19.0 Å². The molecule has 0 saturated carbocycles. The molecule has 0 amide bonds. The lowest BCUT2D eigenvalue weighted by Gasteiger charge is -2.07. The van der Waals surface area contributed by atoms with Crippen LogP contribution in [0.15, 0.2) is 0 Å².